The molecule has 1 saturated heterocycles. The lowest BCUT2D eigenvalue weighted by Crippen LogP contribution is -2.64. The van der Waals surface area contributed by atoms with E-state index in [1.54, 1.807) is 27.7 Å². The van der Waals surface area contributed by atoms with Crippen LogP contribution in [0.2, 0.25) is 0 Å². The number of hydrogen-bond donors (Lipinski definition) is 31. The number of nitrogens with zero attached hydrogens (tertiary/aromatic N) is 2. The van der Waals surface area contributed by atoms with Crippen LogP contribution in [0.25, 0.3) is 0 Å². The van der Waals surface area contributed by atoms with Gasteiger partial charge in [-0.25, -0.2) is 4.79 Å². The van der Waals surface area contributed by atoms with Gasteiger partial charge in [-0.1, -0.05) is 58.4 Å². The molecule has 2 aromatic rings. The average molecular weight is 1880 g/mol. The van der Waals surface area contributed by atoms with Crippen molar-refractivity contribution in [1.29, 1.82) is 0 Å². The molecule has 0 radical (unpaired) electrons. The van der Waals surface area contributed by atoms with E-state index >= 15 is 0 Å². The largest absolute Gasteiger partial charge is 0.508 e. The van der Waals surface area contributed by atoms with Crippen LogP contribution in [0.4, 0.5) is 0 Å². The first-order valence-corrected chi connectivity index (χ1v) is 43.3. The van der Waals surface area contributed by atoms with E-state index in [-0.39, 0.29) is 107 Å². The number of carbonyl (C=O) groups excluding carboxylic acids is 16. The lowest BCUT2D eigenvalue weighted by Gasteiger charge is -2.34. The number of phenols is 2. The molecule has 130 heavy (non-hydrogen) atoms. The Labute approximate surface area is 762 Å². The SMILES string of the molecule is CC[C@H](C)[C@H](NC(=O)[C@@H]1C[C@@H](O)CN1C(=O)[C@@H](N)C(C)C)C(=O)N[C@H](C(=O)N[C@@H](Cc1ccc(O)cc1)C(=O)N[C@H](C(=O)N[C@@H](CC(N)=O)C(=O)N[C@@H](CCCN=C(N)N)C(=O)N[C@@H](CCN)C(=O)N[C@H](C(=O)N[C@H](CCN)C(=O)N[C@@H](CCN)C(=O)N[C@@H](CCN)C(=O)N[C@H](C(=O)N[C@@H](CS)C(=O)N[C@@H](Cc1ccc(O)cc1)C(=O)O)[C@@H](C)O)[C@@H](C)O)[C@@H](C)O)C(C)(C)S. The minimum Gasteiger partial charge on any atom is -0.508 e. The maximum absolute atomic E-state index is 14.7. The lowest BCUT2D eigenvalue weighted by molar-refractivity contribution is -0.142. The molecule has 37 N–H and O–H groups in total. The highest BCUT2D eigenvalue weighted by molar-refractivity contribution is 7.81. The number of thiol groups is 2. The summed E-state index contributed by atoms with van der Waals surface area (Å²) in [5.41, 5.74) is 47.0. The maximum Gasteiger partial charge on any atom is 0.326 e. The highest BCUT2D eigenvalue weighted by Crippen LogP contribution is 2.25. The van der Waals surface area contributed by atoms with Crippen molar-refractivity contribution in [2.75, 3.05) is 45.0 Å². The van der Waals surface area contributed by atoms with E-state index in [9.17, 15) is 117 Å². The molecule has 0 aliphatic carbocycles. The second-order valence-corrected chi connectivity index (χ2v) is 34.1. The zero-order valence-electron chi connectivity index (χ0n) is 74.0. The number of aliphatic hydroxyl groups excluding tert-OH is 4. The van der Waals surface area contributed by atoms with Crippen LogP contribution in [0.15, 0.2) is 53.5 Å². The Morgan fingerprint density at radius 1 is 0.469 bits per heavy atom. The monoisotopic (exact) mass is 1880 g/mol. The Bertz CT molecular complexity index is 4200. The number of nitrogens with two attached hydrogens (primary N) is 8. The van der Waals surface area contributed by atoms with E-state index in [4.69, 9.17) is 45.9 Å². The van der Waals surface area contributed by atoms with Crippen LogP contribution in [-0.4, -0.2) is 318 Å². The third kappa shape index (κ3) is 36.9. The summed E-state index contributed by atoms with van der Waals surface area (Å²) < 4.78 is -1.49. The molecule has 2 aromatic carbocycles. The fourth-order valence-corrected chi connectivity index (χ4v) is 13.6. The number of carboxylic acids is 1. The van der Waals surface area contributed by atoms with Gasteiger partial charge in [-0.2, -0.15) is 25.3 Å². The van der Waals surface area contributed by atoms with Crippen LogP contribution < -0.4 is 120 Å². The number of carbonyl (C=O) groups is 17. The summed E-state index contributed by atoms with van der Waals surface area (Å²) in [4.78, 5) is 243. The van der Waals surface area contributed by atoms with Crippen molar-refractivity contribution in [3.05, 3.63) is 59.7 Å². The molecule has 0 unspecified atom stereocenters. The van der Waals surface area contributed by atoms with Gasteiger partial charge in [0.2, 0.25) is 94.5 Å². The minimum absolute atomic E-state index is 0.0984. The Morgan fingerprint density at radius 3 is 1.17 bits per heavy atom. The molecule has 1 aliphatic heterocycles. The second-order valence-electron chi connectivity index (χ2n) is 32.6. The summed E-state index contributed by atoms with van der Waals surface area (Å²) in [5, 5.41) is 107. The van der Waals surface area contributed by atoms with E-state index in [1.807, 2.05) is 0 Å². The molecule has 1 heterocycles. The summed E-state index contributed by atoms with van der Waals surface area (Å²) in [5.74, 6) is -21.1. The standard InChI is InChI=1S/C80H132N24O24S2/c1-10-37(4)58(99-71(120)55-32-45(110)34-104(55)77(126)57(86)36(2)3)72(121)103-62(80(8,9)130)76(125)96-51(30-41-13-17-43(108)18-14-41)69(118)102-60(39(6)106)74(123)95-52(33-56(85)111)68(117)90-46(12-11-29-89-79(87)88)63(112)92-49(23-27-83)66(115)100-59(38(5)105)73(122)94-48(22-26-82)65(114)91-47(21-25-81)64(113)93-50(24-28-84)67(116)101-61(40(7)107)75(124)98-54(35-129)70(119)97-53(78(127)128)31-42-15-19-44(109)20-16-42/h13-20,36-40,45-55,57-62,105-110,129-130H,10-12,21-35,81-84,86H2,1-9H3,(H2,85,111)(H,90,117)(H,91,114)(H,92,112)(H,93,113)(H,94,122)(H,95,123)(H,96,125)(H,97,119)(H,98,124)(H,99,120)(H,100,115)(H,101,116)(H,102,118)(H,103,121)(H,127,128)(H4,87,88,89)/t37-,38+,39+,40+,45+,46-,47-,48+,49-,50-,51-,52-,53-,54-,55-,57-,58-,59-,60-,61-,62+/m0/s1. The number of β-amino-alcohol motifs (C(OH)–C–C–N with tert-alkyl or cyclic N) is 1. The molecular formula is C80H132N24O24S2. The fraction of sp³-hybridized carbons (Fsp3) is 0.625. The minimum atomic E-state index is -2.08. The van der Waals surface area contributed by atoms with E-state index < -0.39 is 270 Å². The van der Waals surface area contributed by atoms with Gasteiger partial charge in [0.05, 0.1) is 36.9 Å². The smallest absolute Gasteiger partial charge is 0.326 e. The van der Waals surface area contributed by atoms with E-state index in [1.165, 1.54) is 62.4 Å². The van der Waals surface area contributed by atoms with E-state index in [0.29, 0.717) is 5.56 Å². The first kappa shape index (κ1) is 113. The molecule has 48 nitrogen and oxygen atoms in total. The van der Waals surface area contributed by atoms with Crippen molar-refractivity contribution in [3.63, 3.8) is 0 Å². The third-order valence-corrected chi connectivity index (χ3v) is 21.5. The topological polar surface area (TPSA) is 824 Å². The highest BCUT2D eigenvalue weighted by Gasteiger charge is 2.46. The Kier molecular flexibility index (Phi) is 47.7. The van der Waals surface area contributed by atoms with Crippen LogP contribution in [-0.2, 0) is 94.3 Å². The van der Waals surface area contributed by atoms with Crippen molar-refractivity contribution >= 4 is 132 Å². The van der Waals surface area contributed by atoms with Gasteiger partial charge in [-0.3, -0.25) is 81.7 Å². The van der Waals surface area contributed by atoms with E-state index in [2.05, 4.69) is 105 Å². The number of rotatable bonds is 56. The number of likely N-dealkylation sites (tertiary alicyclic amines) is 1. The van der Waals surface area contributed by atoms with Gasteiger partial charge in [0.1, 0.15) is 102 Å². The number of primary amides is 1. The summed E-state index contributed by atoms with van der Waals surface area (Å²) >= 11 is 8.74. The van der Waals surface area contributed by atoms with Crippen molar-refractivity contribution in [3.8, 4) is 11.5 Å². The molecule has 0 saturated carbocycles. The molecule has 0 bridgehead atoms. The summed E-state index contributed by atoms with van der Waals surface area (Å²) in [7, 11) is 0. The van der Waals surface area contributed by atoms with Gasteiger partial charge >= 0.3 is 5.97 Å². The molecule has 16 amide bonds. The quantitative estimate of drug-likeness (QED) is 0.0127. The molecule has 21 atom stereocenters. The maximum atomic E-state index is 14.7. The number of hydrogen-bond acceptors (Lipinski definition) is 31. The number of benzene rings is 2. The van der Waals surface area contributed by atoms with E-state index in [0.717, 1.165) is 25.7 Å². The number of aliphatic hydroxyl groups is 4. The first-order valence-electron chi connectivity index (χ1n) is 42.2. The van der Waals surface area contributed by atoms with Gasteiger partial charge in [0, 0.05) is 42.9 Å². The van der Waals surface area contributed by atoms with Crippen LogP contribution in [0.3, 0.4) is 0 Å². The van der Waals surface area contributed by atoms with Gasteiger partial charge in [0.15, 0.2) is 5.96 Å². The normalized spacial score (nSPS) is 17.5. The molecule has 0 spiro atoms. The van der Waals surface area contributed by atoms with Crippen molar-refractivity contribution in [2.45, 2.75) is 259 Å². The van der Waals surface area contributed by atoms with Crippen LogP contribution in [0, 0.1) is 11.8 Å². The van der Waals surface area contributed by atoms with Crippen LogP contribution in [0.5, 0.6) is 11.5 Å². The predicted molar refractivity (Wildman–Crippen MR) is 477 cm³/mol. The van der Waals surface area contributed by atoms with Crippen molar-refractivity contribution in [1.82, 2.24) is 79.3 Å². The molecule has 0 aromatic heterocycles. The van der Waals surface area contributed by atoms with Crippen LogP contribution >= 0.6 is 25.3 Å². The average Bonchev–Trinajstić information content (AvgIpc) is 1.74. The number of aromatic hydroxyl groups is 2. The van der Waals surface area contributed by atoms with Crippen molar-refractivity contribution < 1.29 is 117 Å². The number of guanidine groups is 1. The van der Waals surface area contributed by atoms with Gasteiger partial charge < -0.3 is 161 Å². The Balaban J connectivity index is 1.90. The van der Waals surface area contributed by atoms with Crippen LogP contribution in [0.1, 0.15) is 131 Å². The second kappa shape index (κ2) is 55.0. The number of phenolic OH excluding ortho intramolecular Hbond substituents is 2. The molecule has 728 valence electrons. The number of aliphatic carboxylic acids is 1. The van der Waals surface area contributed by atoms with Gasteiger partial charge in [0.25, 0.3) is 0 Å². The highest BCUT2D eigenvalue weighted by atomic mass is 32.1. The zero-order valence-corrected chi connectivity index (χ0v) is 75.8. The number of aliphatic imine (C=N–C) groups is 1. The molecule has 1 aliphatic rings. The van der Waals surface area contributed by atoms with Gasteiger partial charge in [-0.15, -0.1) is 0 Å². The zero-order chi connectivity index (χ0) is 98.5. The Hall–Kier alpha value is -11.4. The molecular weight excluding hydrogens is 1750 g/mol. The fourth-order valence-electron chi connectivity index (χ4n) is 13.2. The Morgan fingerprint density at radius 2 is 0.808 bits per heavy atom. The predicted octanol–water partition coefficient (Wildman–Crippen LogP) is -11.1. The molecule has 1 fully saturated rings. The summed E-state index contributed by atoms with van der Waals surface area (Å²) in [6.07, 6.45) is -10.1. The van der Waals surface area contributed by atoms with Gasteiger partial charge in [-0.05, 0) is 147 Å². The lowest BCUT2D eigenvalue weighted by atomic mass is 9.95. The summed E-state index contributed by atoms with van der Waals surface area (Å²) in [6.45, 7) is 11.2. The first-order chi connectivity index (χ1) is 60.9. The number of carboxylic acid groups (broad SMARTS) is 1. The number of nitrogens with one attached hydrogen (secondary N) is 14. The number of amides is 16. The molecule has 3 rings (SSSR count). The summed E-state index contributed by atoms with van der Waals surface area (Å²) in [6, 6.07) is -15.8. The third-order valence-electron chi connectivity index (χ3n) is 20.9. The van der Waals surface area contributed by atoms with Crippen molar-refractivity contribution in [2.24, 2.45) is 62.7 Å². The molecule has 50 heteroatoms.